The lowest BCUT2D eigenvalue weighted by molar-refractivity contribution is -0.275. The Labute approximate surface area is 171 Å². The maximum Gasteiger partial charge on any atom is 0.573 e. The summed E-state index contributed by atoms with van der Waals surface area (Å²) in [5.41, 5.74) is 2.45. The molecule has 1 aromatic heterocycles. The molecule has 1 aliphatic rings. The number of benzene rings is 1. The standard InChI is InChI=1S/C20H22F4N4O2/c1-10(2)18-19(29)27-17-11(3)26-16(8-14(17)28(18)4)25-9-12-5-6-15(13(21)7-12)30-20(22,23)24/h5-8,10,18H,9H2,1-4H3,(H,25,26)(H,27,29). The predicted octanol–water partition coefficient (Wildman–Crippen LogP) is 4.45. The highest BCUT2D eigenvalue weighted by Gasteiger charge is 2.34. The number of halogens is 4. The largest absolute Gasteiger partial charge is 0.573 e. The van der Waals surface area contributed by atoms with Gasteiger partial charge in [-0.3, -0.25) is 4.79 Å². The Bertz CT molecular complexity index is 963. The van der Waals surface area contributed by atoms with E-state index in [0.717, 1.165) is 17.8 Å². The number of aromatic nitrogens is 1. The lowest BCUT2D eigenvalue weighted by Crippen LogP contribution is -2.49. The third-order valence-electron chi connectivity index (χ3n) is 4.82. The molecule has 1 aromatic carbocycles. The predicted molar refractivity (Wildman–Crippen MR) is 105 cm³/mol. The van der Waals surface area contributed by atoms with Gasteiger partial charge in [0.15, 0.2) is 11.6 Å². The maximum atomic E-state index is 13.9. The zero-order valence-corrected chi connectivity index (χ0v) is 16.9. The molecule has 1 amide bonds. The van der Waals surface area contributed by atoms with Crippen molar-refractivity contribution in [2.45, 2.75) is 39.7 Å². The molecule has 6 nitrogen and oxygen atoms in total. The number of nitrogens with one attached hydrogen (secondary N) is 2. The summed E-state index contributed by atoms with van der Waals surface area (Å²) in [5.74, 6) is -1.50. The van der Waals surface area contributed by atoms with Crippen LogP contribution in [0.5, 0.6) is 5.75 Å². The van der Waals surface area contributed by atoms with E-state index in [1.165, 1.54) is 6.07 Å². The van der Waals surface area contributed by atoms with Gasteiger partial charge in [0.25, 0.3) is 0 Å². The Morgan fingerprint density at radius 2 is 2.00 bits per heavy atom. The zero-order valence-electron chi connectivity index (χ0n) is 16.9. The Kier molecular flexibility index (Phi) is 5.78. The number of ether oxygens (including phenoxy) is 1. The van der Waals surface area contributed by atoms with Crippen molar-refractivity contribution < 1.29 is 27.1 Å². The number of alkyl halides is 3. The third-order valence-corrected chi connectivity index (χ3v) is 4.82. The summed E-state index contributed by atoms with van der Waals surface area (Å²) in [6.07, 6.45) is -4.96. The van der Waals surface area contributed by atoms with Gasteiger partial charge in [0, 0.05) is 19.7 Å². The van der Waals surface area contributed by atoms with Crippen LogP contribution in [0.25, 0.3) is 0 Å². The molecular weight excluding hydrogens is 404 g/mol. The molecule has 0 saturated carbocycles. The van der Waals surface area contributed by atoms with E-state index in [2.05, 4.69) is 20.4 Å². The number of fused-ring (bicyclic) bond motifs is 1. The van der Waals surface area contributed by atoms with Gasteiger partial charge < -0.3 is 20.3 Å². The molecule has 3 rings (SSSR count). The van der Waals surface area contributed by atoms with Crippen LogP contribution >= 0.6 is 0 Å². The van der Waals surface area contributed by atoms with Crippen LogP contribution in [0.15, 0.2) is 24.3 Å². The lowest BCUT2D eigenvalue weighted by Gasteiger charge is -2.38. The molecule has 0 saturated heterocycles. The second-order valence-electron chi connectivity index (χ2n) is 7.44. The van der Waals surface area contributed by atoms with E-state index in [-0.39, 0.29) is 24.4 Å². The molecule has 2 heterocycles. The van der Waals surface area contributed by atoms with Crippen LogP contribution in [0.3, 0.4) is 0 Å². The number of anilines is 3. The van der Waals surface area contributed by atoms with Crippen LogP contribution < -0.4 is 20.3 Å². The van der Waals surface area contributed by atoms with Gasteiger partial charge >= 0.3 is 6.36 Å². The van der Waals surface area contributed by atoms with Crippen molar-refractivity contribution in [3.05, 3.63) is 41.3 Å². The van der Waals surface area contributed by atoms with Crippen molar-refractivity contribution in [1.82, 2.24) is 4.98 Å². The van der Waals surface area contributed by atoms with E-state index in [4.69, 9.17) is 0 Å². The van der Waals surface area contributed by atoms with Crippen molar-refractivity contribution >= 4 is 23.1 Å². The van der Waals surface area contributed by atoms with Crippen molar-refractivity contribution in [2.24, 2.45) is 5.92 Å². The number of pyridine rings is 1. The fourth-order valence-electron chi connectivity index (χ4n) is 3.51. The number of hydrogen-bond donors (Lipinski definition) is 2. The summed E-state index contributed by atoms with van der Waals surface area (Å²) in [7, 11) is 1.83. The first-order valence-corrected chi connectivity index (χ1v) is 9.29. The van der Waals surface area contributed by atoms with Gasteiger partial charge in [0.1, 0.15) is 11.9 Å². The number of rotatable bonds is 5. The SMILES string of the molecule is Cc1nc(NCc2ccc(OC(F)(F)F)c(F)c2)cc2c1NC(=O)C(C(C)C)N2C. The van der Waals surface area contributed by atoms with Crippen LogP contribution in [-0.4, -0.2) is 30.3 Å². The molecule has 0 radical (unpaired) electrons. The normalized spacial score (nSPS) is 16.4. The van der Waals surface area contributed by atoms with Gasteiger partial charge in [-0.25, -0.2) is 9.37 Å². The molecule has 1 atom stereocenters. The Hall–Kier alpha value is -3.04. The second-order valence-corrected chi connectivity index (χ2v) is 7.44. The highest BCUT2D eigenvalue weighted by atomic mass is 19.4. The number of carbonyl (C=O) groups is 1. The number of carbonyl (C=O) groups excluding carboxylic acids is 1. The van der Waals surface area contributed by atoms with E-state index < -0.39 is 17.9 Å². The number of nitrogens with zero attached hydrogens (tertiary/aromatic N) is 2. The van der Waals surface area contributed by atoms with Gasteiger partial charge in [-0.2, -0.15) is 0 Å². The molecule has 162 valence electrons. The zero-order chi connectivity index (χ0) is 22.2. The molecule has 1 aliphatic heterocycles. The molecule has 2 N–H and O–H groups in total. The number of likely N-dealkylation sites (N-methyl/N-ethyl adjacent to an activating group) is 1. The van der Waals surface area contributed by atoms with Gasteiger partial charge in [-0.15, -0.1) is 13.2 Å². The minimum Gasteiger partial charge on any atom is -0.403 e. The van der Waals surface area contributed by atoms with Crippen molar-refractivity contribution in [2.75, 3.05) is 22.6 Å². The Morgan fingerprint density at radius 3 is 2.60 bits per heavy atom. The van der Waals surface area contributed by atoms with E-state index >= 15 is 0 Å². The van der Waals surface area contributed by atoms with Crippen molar-refractivity contribution in [1.29, 1.82) is 0 Å². The number of hydrogen-bond acceptors (Lipinski definition) is 5. The fourth-order valence-corrected chi connectivity index (χ4v) is 3.51. The molecule has 0 aliphatic carbocycles. The molecule has 10 heteroatoms. The minimum absolute atomic E-state index is 0.0911. The molecule has 0 spiro atoms. The first-order valence-electron chi connectivity index (χ1n) is 9.29. The summed E-state index contributed by atoms with van der Waals surface area (Å²) >= 11 is 0. The number of amides is 1. The monoisotopic (exact) mass is 426 g/mol. The van der Waals surface area contributed by atoms with Crippen LogP contribution in [0.4, 0.5) is 34.8 Å². The Balaban J connectivity index is 1.78. The summed E-state index contributed by atoms with van der Waals surface area (Å²) in [4.78, 5) is 18.7. The molecule has 2 aromatic rings. The number of aryl methyl sites for hydroxylation is 1. The summed E-state index contributed by atoms with van der Waals surface area (Å²) < 4.78 is 54.3. The summed E-state index contributed by atoms with van der Waals surface area (Å²) in [5, 5.41) is 5.94. The highest BCUT2D eigenvalue weighted by molar-refractivity contribution is 6.04. The van der Waals surface area contributed by atoms with Gasteiger partial charge in [0.05, 0.1) is 17.1 Å². The van der Waals surface area contributed by atoms with Crippen LogP contribution in [0.1, 0.15) is 25.1 Å². The third kappa shape index (κ3) is 4.58. The van der Waals surface area contributed by atoms with Crippen LogP contribution in [0.2, 0.25) is 0 Å². The van der Waals surface area contributed by atoms with Gasteiger partial charge in [-0.1, -0.05) is 19.9 Å². The highest BCUT2D eigenvalue weighted by Crippen LogP contribution is 2.36. The smallest absolute Gasteiger partial charge is 0.403 e. The average Bonchev–Trinajstić information content (AvgIpc) is 2.62. The first-order chi connectivity index (χ1) is 14.0. The minimum atomic E-state index is -4.96. The van der Waals surface area contributed by atoms with Gasteiger partial charge in [-0.05, 0) is 30.5 Å². The molecule has 0 bridgehead atoms. The average molecular weight is 426 g/mol. The van der Waals surface area contributed by atoms with E-state index in [9.17, 15) is 22.4 Å². The van der Waals surface area contributed by atoms with Crippen molar-refractivity contribution in [3.8, 4) is 5.75 Å². The van der Waals surface area contributed by atoms with Gasteiger partial charge in [0.2, 0.25) is 5.91 Å². The van der Waals surface area contributed by atoms with E-state index in [1.807, 2.05) is 25.8 Å². The quantitative estimate of drug-likeness (QED) is 0.692. The molecule has 1 unspecified atom stereocenters. The second kappa shape index (κ2) is 8.00. The van der Waals surface area contributed by atoms with Crippen LogP contribution in [-0.2, 0) is 11.3 Å². The Morgan fingerprint density at radius 1 is 1.30 bits per heavy atom. The molecule has 0 fully saturated rings. The first kappa shape index (κ1) is 21.7. The van der Waals surface area contributed by atoms with E-state index in [1.54, 1.807) is 13.0 Å². The summed E-state index contributed by atoms with van der Waals surface area (Å²) in [6, 6.07) is 4.68. The fraction of sp³-hybridized carbons (Fsp3) is 0.400. The molecular formula is C20H22F4N4O2. The lowest BCUT2D eigenvalue weighted by atomic mass is 9.98. The van der Waals surface area contributed by atoms with Crippen LogP contribution in [0, 0.1) is 18.7 Å². The maximum absolute atomic E-state index is 13.9. The molecule has 30 heavy (non-hydrogen) atoms. The topological polar surface area (TPSA) is 66.5 Å². The van der Waals surface area contributed by atoms with Crippen molar-refractivity contribution in [3.63, 3.8) is 0 Å². The van der Waals surface area contributed by atoms with E-state index in [0.29, 0.717) is 22.8 Å². The summed E-state index contributed by atoms with van der Waals surface area (Å²) in [6.45, 7) is 5.81.